The molecule has 1 aliphatic rings. The number of amides is 1. The van der Waals surface area contributed by atoms with Crippen molar-refractivity contribution in [2.75, 3.05) is 11.9 Å². The SMILES string of the molecule is CC(C)n1nccc1NC(=O)[C@@H](C)N1CCC[C@H]1Cn1cccn1. The molecule has 0 bridgehead atoms. The predicted octanol–water partition coefficient (Wildman–Crippen LogP) is 2.15. The molecule has 1 aliphatic heterocycles. The van der Waals surface area contributed by atoms with Crippen LogP contribution in [0.5, 0.6) is 0 Å². The molecule has 130 valence electrons. The topological polar surface area (TPSA) is 68.0 Å². The van der Waals surface area contributed by atoms with E-state index in [2.05, 4.69) is 20.4 Å². The fourth-order valence-electron chi connectivity index (χ4n) is 3.39. The van der Waals surface area contributed by atoms with Crippen molar-refractivity contribution < 1.29 is 4.79 Å². The van der Waals surface area contributed by atoms with Crippen LogP contribution in [0.15, 0.2) is 30.7 Å². The second-order valence-corrected chi connectivity index (χ2v) is 6.68. The maximum absolute atomic E-state index is 12.7. The highest BCUT2D eigenvalue weighted by molar-refractivity contribution is 5.93. The van der Waals surface area contributed by atoms with E-state index < -0.39 is 0 Å². The van der Waals surface area contributed by atoms with Crippen LogP contribution in [0.4, 0.5) is 5.82 Å². The summed E-state index contributed by atoms with van der Waals surface area (Å²) in [5.74, 6) is 0.773. The highest BCUT2D eigenvalue weighted by Crippen LogP contribution is 2.22. The summed E-state index contributed by atoms with van der Waals surface area (Å²) in [7, 11) is 0. The zero-order valence-electron chi connectivity index (χ0n) is 14.6. The van der Waals surface area contributed by atoms with Gasteiger partial charge in [0.15, 0.2) is 0 Å². The molecule has 1 saturated heterocycles. The molecule has 1 amide bonds. The summed E-state index contributed by atoms with van der Waals surface area (Å²) in [5, 5.41) is 11.6. The average molecular weight is 330 g/mol. The molecule has 0 saturated carbocycles. The van der Waals surface area contributed by atoms with Gasteiger partial charge in [-0.3, -0.25) is 14.4 Å². The summed E-state index contributed by atoms with van der Waals surface area (Å²) < 4.78 is 3.78. The van der Waals surface area contributed by atoms with Gasteiger partial charge in [0, 0.05) is 30.5 Å². The van der Waals surface area contributed by atoms with E-state index in [4.69, 9.17) is 0 Å². The van der Waals surface area contributed by atoms with Crippen LogP contribution in [-0.2, 0) is 11.3 Å². The van der Waals surface area contributed by atoms with Crippen molar-refractivity contribution in [2.24, 2.45) is 0 Å². The molecule has 0 radical (unpaired) electrons. The molecule has 7 nitrogen and oxygen atoms in total. The lowest BCUT2D eigenvalue weighted by atomic mass is 10.2. The second kappa shape index (κ2) is 7.17. The van der Waals surface area contributed by atoms with Gasteiger partial charge in [-0.2, -0.15) is 10.2 Å². The number of anilines is 1. The van der Waals surface area contributed by atoms with Gasteiger partial charge in [0.05, 0.1) is 18.8 Å². The van der Waals surface area contributed by atoms with Crippen molar-refractivity contribution in [3.05, 3.63) is 30.7 Å². The lowest BCUT2D eigenvalue weighted by Gasteiger charge is -2.29. The van der Waals surface area contributed by atoms with Crippen molar-refractivity contribution in [1.82, 2.24) is 24.5 Å². The van der Waals surface area contributed by atoms with Crippen molar-refractivity contribution >= 4 is 11.7 Å². The Labute approximate surface area is 142 Å². The first-order valence-electron chi connectivity index (χ1n) is 8.64. The number of hydrogen-bond donors (Lipinski definition) is 1. The average Bonchev–Trinajstić information content (AvgIpc) is 3.28. The number of hydrogen-bond acceptors (Lipinski definition) is 4. The van der Waals surface area contributed by atoms with Gasteiger partial charge in [-0.1, -0.05) is 0 Å². The van der Waals surface area contributed by atoms with E-state index in [9.17, 15) is 4.79 Å². The minimum absolute atomic E-state index is 0.0183. The van der Waals surface area contributed by atoms with Crippen molar-refractivity contribution in [3.63, 3.8) is 0 Å². The number of rotatable bonds is 6. The third-order valence-corrected chi connectivity index (χ3v) is 4.67. The summed E-state index contributed by atoms with van der Waals surface area (Å²) in [6.45, 7) is 7.85. The molecule has 0 unspecified atom stereocenters. The third kappa shape index (κ3) is 3.51. The van der Waals surface area contributed by atoms with Crippen LogP contribution in [0.25, 0.3) is 0 Å². The summed E-state index contributed by atoms with van der Waals surface area (Å²) >= 11 is 0. The van der Waals surface area contributed by atoms with Crippen LogP contribution in [0.1, 0.15) is 39.7 Å². The molecule has 0 aromatic carbocycles. The molecule has 3 rings (SSSR count). The summed E-state index contributed by atoms with van der Waals surface area (Å²) in [6, 6.07) is 4.16. The minimum Gasteiger partial charge on any atom is -0.310 e. The molecule has 2 atom stereocenters. The molecule has 0 spiro atoms. The molecule has 2 aromatic heterocycles. The number of carbonyl (C=O) groups is 1. The van der Waals surface area contributed by atoms with Crippen LogP contribution in [0.2, 0.25) is 0 Å². The van der Waals surface area contributed by atoms with E-state index in [0.717, 1.165) is 31.7 Å². The van der Waals surface area contributed by atoms with E-state index in [0.29, 0.717) is 6.04 Å². The van der Waals surface area contributed by atoms with Gasteiger partial charge < -0.3 is 5.32 Å². The van der Waals surface area contributed by atoms with Crippen LogP contribution in [0.3, 0.4) is 0 Å². The Morgan fingerprint density at radius 1 is 1.33 bits per heavy atom. The first-order valence-corrected chi connectivity index (χ1v) is 8.64. The van der Waals surface area contributed by atoms with E-state index in [1.165, 1.54) is 0 Å². The molecule has 2 aromatic rings. The Morgan fingerprint density at radius 2 is 2.17 bits per heavy atom. The van der Waals surface area contributed by atoms with Gasteiger partial charge in [0.2, 0.25) is 5.91 Å². The Hall–Kier alpha value is -2.15. The quantitative estimate of drug-likeness (QED) is 0.881. The number of likely N-dealkylation sites (tertiary alicyclic amines) is 1. The summed E-state index contributed by atoms with van der Waals surface area (Å²) in [4.78, 5) is 15.0. The Bertz CT molecular complexity index is 662. The number of nitrogens with one attached hydrogen (secondary N) is 1. The number of aromatic nitrogens is 4. The van der Waals surface area contributed by atoms with Crippen molar-refractivity contribution in [2.45, 2.75) is 58.3 Å². The minimum atomic E-state index is -0.177. The molecular weight excluding hydrogens is 304 g/mol. The smallest absolute Gasteiger partial charge is 0.242 e. The fourth-order valence-corrected chi connectivity index (χ4v) is 3.39. The molecule has 3 heterocycles. The summed E-state index contributed by atoms with van der Waals surface area (Å²) in [5.41, 5.74) is 0. The van der Waals surface area contributed by atoms with Crippen molar-refractivity contribution in [1.29, 1.82) is 0 Å². The lowest BCUT2D eigenvalue weighted by Crippen LogP contribution is -2.46. The van der Waals surface area contributed by atoms with Gasteiger partial charge in [-0.25, -0.2) is 4.68 Å². The highest BCUT2D eigenvalue weighted by atomic mass is 16.2. The van der Waals surface area contributed by atoms with E-state index in [1.54, 1.807) is 12.4 Å². The van der Waals surface area contributed by atoms with Gasteiger partial charge in [0.1, 0.15) is 5.82 Å². The first-order chi connectivity index (χ1) is 11.6. The van der Waals surface area contributed by atoms with Gasteiger partial charge in [-0.05, 0) is 46.2 Å². The first kappa shape index (κ1) is 16.7. The molecule has 1 N–H and O–H groups in total. The van der Waals surface area contributed by atoms with Crippen LogP contribution in [-0.4, -0.2) is 49.0 Å². The van der Waals surface area contributed by atoms with Crippen molar-refractivity contribution in [3.8, 4) is 0 Å². The van der Waals surface area contributed by atoms with Crippen LogP contribution >= 0.6 is 0 Å². The second-order valence-electron chi connectivity index (χ2n) is 6.68. The molecule has 24 heavy (non-hydrogen) atoms. The molecular formula is C17H26N6O. The van der Waals surface area contributed by atoms with E-state index in [1.807, 2.05) is 48.5 Å². The Balaban J connectivity index is 1.65. The maximum atomic E-state index is 12.7. The summed E-state index contributed by atoms with van der Waals surface area (Å²) in [6.07, 6.45) is 7.70. The zero-order valence-corrected chi connectivity index (χ0v) is 14.6. The maximum Gasteiger partial charge on any atom is 0.242 e. The zero-order chi connectivity index (χ0) is 17.1. The number of nitrogens with zero attached hydrogens (tertiary/aromatic N) is 5. The predicted molar refractivity (Wildman–Crippen MR) is 92.7 cm³/mol. The molecule has 1 fully saturated rings. The highest BCUT2D eigenvalue weighted by Gasteiger charge is 2.32. The Kier molecular flexibility index (Phi) is 4.99. The normalized spacial score (nSPS) is 19.8. The standard InChI is InChI=1S/C17H26N6O/c1-13(2)23-16(7-9-19-23)20-17(24)14(3)22-11-4-6-15(22)12-21-10-5-8-18-21/h5,7-10,13-15H,4,6,11-12H2,1-3H3,(H,20,24)/t14-,15+/m1/s1. The van der Waals surface area contributed by atoms with E-state index >= 15 is 0 Å². The fraction of sp³-hybridized carbons (Fsp3) is 0.588. The van der Waals surface area contributed by atoms with E-state index in [-0.39, 0.29) is 18.0 Å². The van der Waals surface area contributed by atoms with Crippen LogP contribution < -0.4 is 5.32 Å². The third-order valence-electron chi connectivity index (χ3n) is 4.67. The van der Waals surface area contributed by atoms with Gasteiger partial charge >= 0.3 is 0 Å². The largest absolute Gasteiger partial charge is 0.310 e. The lowest BCUT2D eigenvalue weighted by molar-refractivity contribution is -0.121. The molecule has 7 heteroatoms. The van der Waals surface area contributed by atoms with Crippen LogP contribution in [0, 0.1) is 0 Å². The Morgan fingerprint density at radius 3 is 2.88 bits per heavy atom. The van der Waals surface area contributed by atoms with Gasteiger partial charge in [0.25, 0.3) is 0 Å². The number of carbonyl (C=O) groups excluding carboxylic acids is 1. The van der Waals surface area contributed by atoms with Gasteiger partial charge in [-0.15, -0.1) is 0 Å². The molecule has 0 aliphatic carbocycles. The monoisotopic (exact) mass is 330 g/mol.